The lowest BCUT2D eigenvalue weighted by Gasteiger charge is -2.09. The summed E-state index contributed by atoms with van der Waals surface area (Å²) in [5.41, 5.74) is 0.115. The molecule has 2 N–H and O–H groups in total. The molecular weight excluding hydrogens is 230 g/mol. The van der Waals surface area contributed by atoms with Gasteiger partial charge in [0.05, 0.1) is 6.10 Å². The van der Waals surface area contributed by atoms with Crippen molar-refractivity contribution in [2.24, 2.45) is 0 Å². The molecule has 1 rings (SSSR count). The van der Waals surface area contributed by atoms with Crippen molar-refractivity contribution < 1.29 is 9.53 Å². The molecule has 5 heteroatoms. The first-order chi connectivity index (χ1) is 8.77. The SMILES string of the molecule is CCCCNC(=O)/C(C#N)=C\NCC1CCCO1. The lowest BCUT2D eigenvalue weighted by atomic mass is 10.2. The van der Waals surface area contributed by atoms with Crippen LogP contribution in [-0.4, -0.2) is 31.7 Å². The lowest BCUT2D eigenvalue weighted by molar-refractivity contribution is -0.117. The summed E-state index contributed by atoms with van der Waals surface area (Å²) in [7, 11) is 0. The molecule has 0 spiro atoms. The van der Waals surface area contributed by atoms with Gasteiger partial charge in [0.15, 0.2) is 0 Å². The van der Waals surface area contributed by atoms with Crippen LogP contribution in [0.5, 0.6) is 0 Å². The molecule has 5 nitrogen and oxygen atoms in total. The number of hydrogen-bond acceptors (Lipinski definition) is 4. The Morgan fingerprint density at radius 2 is 2.44 bits per heavy atom. The van der Waals surface area contributed by atoms with Crippen LogP contribution >= 0.6 is 0 Å². The van der Waals surface area contributed by atoms with E-state index in [1.54, 1.807) is 0 Å². The Morgan fingerprint density at radius 3 is 3.06 bits per heavy atom. The van der Waals surface area contributed by atoms with Crippen molar-refractivity contribution in [3.05, 3.63) is 11.8 Å². The third kappa shape index (κ3) is 5.19. The smallest absolute Gasteiger partial charge is 0.263 e. The van der Waals surface area contributed by atoms with Gasteiger partial charge in [-0.15, -0.1) is 0 Å². The maximum Gasteiger partial charge on any atom is 0.263 e. The van der Waals surface area contributed by atoms with E-state index in [9.17, 15) is 4.79 Å². The van der Waals surface area contributed by atoms with E-state index >= 15 is 0 Å². The van der Waals surface area contributed by atoms with Crippen molar-refractivity contribution in [2.45, 2.75) is 38.7 Å². The number of unbranched alkanes of at least 4 members (excludes halogenated alkanes) is 1. The number of nitrogens with zero attached hydrogens (tertiary/aromatic N) is 1. The third-order valence-electron chi connectivity index (χ3n) is 2.80. The van der Waals surface area contributed by atoms with Crippen molar-refractivity contribution in [3.8, 4) is 6.07 Å². The highest BCUT2D eigenvalue weighted by Gasteiger charge is 2.14. The summed E-state index contributed by atoms with van der Waals surface area (Å²) in [6.07, 6.45) is 5.73. The van der Waals surface area contributed by atoms with Crippen LogP contribution in [0.15, 0.2) is 11.8 Å². The molecule has 0 aromatic carbocycles. The molecule has 1 aliphatic rings. The Bertz CT molecular complexity index is 328. The highest BCUT2D eigenvalue weighted by molar-refractivity contribution is 5.97. The minimum absolute atomic E-state index is 0.115. The van der Waals surface area contributed by atoms with E-state index in [4.69, 9.17) is 10.00 Å². The highest BCUT2D eigenvalue weighted by Crippen LogP contribution is 2.10. The van der Waals surface area contributed by atoms with Crippen molar-refractivity contribution in [3.63, 3.8) is 0 Å². The molecule has 100 valence electrons. The summed E-state index contributed by atoms with van der Waals surface area (Å²) in [4.78, 5) is 11.6. The van der Waals surface area contributed by atoms with Crippen molar-refractivity contribution in [1.82, 2.24) is 10.6 Å². The van der Waals surface area contributed by atoms with Crippen LogP contribution in [0.25, 0.3) is 0 Å². The van der Waals surface area contributed by atoms with E-state index in [-0.39, 0.29) is 17.6 Å². The topological polar surface area (TPSA) is 74.2 Å². The summed E-state index contributed by atoms with van der Waals surface area (Å²) >= 11 is 0. The minimum Gasteiger partial charge on any atom is -0.387 e. The third-order valence-corrected chi connectivity index (χ3v) is 2.80. The Kier molecular flexibility index (Phi) is 6.89. The van der Waals surface area contributed by atoms with Gasteiger partial charge in [-0.3, -0.25) is 4.79 Å². The van der Waals surface area contributed by atoms with Crippen LogP contribution in [0.2, 0.25) is 0 Å². The molecule has 1 atom stereocenters. The number of carbonyl (C=O) groups is 1. The quantitative estimate of drug-likeness (QED) is 0.403. The van der Waals surface area contributed by atoms with E-state index < -0.39 is 0 Å². The van der Waals surface area contributed by atoms with Gasteiger partial charge in [-0.25, -0.2) is 0 Å². The second-order valence-electron chi connectivity index (χ2n) is 4.32. The Balaban J connectivity index is 2.29. The Hall–Kier alpha value is -1.54. The van der Waals surface area contributed by atoms with Gasteiger partial charge < -0.3 is 15.4 Å². The lowest BCUT2D eigenvalue weighted by Crippen LogP contribution is -2.28. The first kappa shape index (κ1) is 14.5. The minimum atomic E-state index is -0.314. The van der Waals surface area contributed by atoms with Crippen LogP contribution in [0.3, 0.4) is 0 Å². The molecule has 1 amide bonds. The van der Waals surface area contributed by atoms with E-state index in [0.29, 0.717) is 13.1 Å². The summed E-state index contributed by atoms with van der Waals surface area (Å²) in [5, 5.41) is 14.6. The van der Waals surface area contributed by atoms with E-state index in [1.807, 2.05) is 6.07 Å². The molecule has 0 bridgehead atoms. The molecule has 18 heavy (non-hydrogen) atoms. The highest BCUT2D eigenvalue weighted by atomic mass is 16.5. The zero-order chi connectivity index (χ0) is 13.2. The van der Waals surface area contributed by atoms with Gasteiger partial charge in [0, 0.05) is 25.9 Å². The fraction of sp³-hybridized carbons (Fsp3) is 0.692. The largest absolute Gasteiger partial charge is 0.387 e. The number of ether oxygens (including phenoxy) is 1. The molecule has 1 unspecified atom stereocenters. The number of nitriles is 1. The Morgan fingerprint density at radius 1 is 1.61 bits per heavy atom. The van der Waals surface area contributed by atoms with Gasteiger partial charge in [-0.05, 0) is 19.3 Å². The van der Waals surface area contributed by atoms with Crippen LogP contribution < -0.4 is 10.6 Å². The molecule has 1 saturated heterocycles. The zero-order valence-electron chi connectivity index (χ0n) is 10.9. The predicted molar refractivity (Wildman–Crippen MR) is 68.6 cm³/mol. The number of carbonyl (C=O) groups excluding carboxylic acids is 1. The number of rotatable bonds is 7. The van der Waals surface area contributed by atoms with Gasteiger partial charge in [0.25, 0.3) is 5.91 Å². The maximum atomic E-state index is 11.6. The number of nitrogens with one attached hydrogen (secondary N) is 2. The molecule has 1 aliphatic heterocycles. The molecule has 1 heterocycles. The van der Waals surface area contributed by atoms with E-state index in [1.165, 1.54) is 6.20 Å². The second kappa shape index (κ2) is 8.54. The van der Waals surface area contributed by atoms with Crippen molar-refractivity contribution in [2.75, 3.05) is 19.7 Å². The number of hydrogen-bond donors (Lipinski definition) is 2. The van der Waals surface area contributed by atoms with Gasteiger partial charge in [0.1, 0.15) is 11.6 Å². The molecule has 0 aliphatic carbocycles. The average molecular weight is 251 g/mol. The summed E-state index contributed by atoms with van der Waals surface area (Å²) < 4.78 is 5.43. The first-order valence-corrected chi connectivity index (χ1v) is 6.51. The summed E-state index contributed by atoms with van der Waals surface area (Å²) in [5.74, 6) is -0.314. The number of amides is 1. The van der Waals surface area contributed by atoms with Crippen LogP contribution in [0.4, 0.5) is 0 Å². The van der Waals surface area contributed by atoms with Crippen LogP contribution in [0.1, 0.15) is 32.6 Å². The molecule has 0 radical (unpaired) electrons. The fourth-order valence-corrected chi connectivity index (χ4v) is 1.72. The first-order valence-electron chi connectivity index (χ1n) is 6.51. The van der Waals surface area contributed by atoms with E-state index in [2.05, 4.69) is 17.6 Å². The zero-order valence-corrected chi connectivity index (χ0v) is 10.9. The Labute approximate surface area is 108 Å². The van der Waals surface area contributed by atoms with E-state index in [0.717, 1.165) is 32.3 Å². The van der Waals surface area contributed by atoms with Crippen LogP contribution in [-0.2, 0) is 9.53 Å². The molecule has 0 aromatic heterocycles. The van der Waals surface area contributed by atoms with Gasteiger partial charge in [-0.2, -0.15) is 5.26 Å². The van der Waals surface area contributed by atoms with Crippen molar-refractivity contribution in [1.29, 1.82) is 5.26 Å². The fourth-order valence-electron chi connectivity index (χ4n) is 1.72. The second-order valence-corrected chi connectivity index (χ2v) is 4.32. The van der Waals surface area contributed by atoms with Crippen molar-refractivity contribution >= 4 is 5.91 Å². The maximum absolute atomic E-state index is 11.6. The summed E-state index contributed by atoms with van der Waals surface area (Å²) in [6.45, 7) is 4.11. The molecule has 1 fully saturated rings. The normalized spacial score (nSPS) is 19.3. The van der Waals surface area contributed by atoms with Gasteiger partial charge in [-0.1, -0.05) is 13.3 Å². The molecule has 0 saturated carbocycles. The van der Waals surface area contributed by atoms with Crippen LogP contribution in [0, 0.1) is 11.3 Å². The van der Waals surface area contributed by atoms with Gasteiger partial charge in [0.2, 0.25) is 0 Å². The monoisotopic (exact) mass is 251 g/mol. The molecular formula is C13H21N3O2. The predicted octanol–water partition coefficient (Wildman–Crippen LogP) is 1.08. The standard InChI is InChI=1S/C13H21N3O2/c1-2-3-6-16-13(17)11(8-14)9-15-10-12-5-4-7-18-12/h9,12,15H,2-7,10H2,1H3,(H,16,17)/b11-9-. The average Bonchev–Trinajstić information content (AvgIpc) is 2.88. The van der Waals surface area contributed by atoms with Gasteiger partial charge >= 0.3 is 0 Å². The summed E-state index contributed by atoms with van der Waals surface area (Å²) in [6, 6.07) is 1.90. The molecule has 0 aromatic rings.